The van der Waals surface area contributed by atoms with Gasteiger partial charge in [-0.05, 0) is 48.5 Å². The smallest absolute Gasteiger partial charge is 0.223 e. The first-order valence-electron chi connectivity index (χ1n) is 5.22. The molecule has 2 rings (SSSR count). The summed E-state index contributed by atoms with van der Waals surface area (Å²) < 4.78 is 23.9. The molecular weight excluding hydrogens is 276 g/mol. The molecule has 0 radical (unpaired) electrons. The van der Waals surface area contributed by atoms with Crippen molar-refractivity contribution < 1.29 is 8.42 Å². The molecule has 0 saturated carbocycles. The van der Waals surface area contributed by atoms with Crippen LogP contribution in [0.4, 0.5) is 0 Å². The maximum Gasteiger partial charge on any atom is 0.261 e. The normalized spacial score (nSPS) is 12.0. The lowest BCUT2D eigenvalue weighted by atomic mass is 10.2. The molecule has 0 aliphatic heterocycles. The zero-order valence-corrected chi connectivity index (χ0v) is 11.4. The number of hydrogen-bond donors (Lipinski definition) is 0. The second kappa shape index (κ2) is 4.66. The molecule has 0 N–H and O–H groups in total. The van der Waals surface area contributed by atoms with Crippen molar-refractivity contribution in [1.29, 1.82) is 0 Å². The second-order valence-corrected chi connectivity index (χ2v) is 6.57. The van der Waals surface area contributed by atoms with E-state index in [4.69, 9.17) is 10.7 Å². The molecule has 1 aromatic heterocycles. The summed E-state index contributed by atoms with van der Waals surface area (Å²) in [6.07, 6.45) is 0. The lowest BCUT2D eigenvalue weighted by molar-refractivity contribution is 0.519. The van der Waals surface area contributed by atoms with E-state index >= 15 is 0 Å². The Kier molecular flexibility index (Phi) is 3.36. The molecule has 0 aliphatic carbocycles. The molecule has 0 saturated heterocycles. The standard InChI is InChI=1S/C10H11ClN4O2S/c1-7(2)15-10(12-13-14-15)8-3-5-9(6-4-8)18(11,16)17/h3-7H,1-2H3. The van der Waals surface area contributed by atoms with Crippen molar-refractivity contribution in [2.75, 3.05) is 0 Å². The van der Waals surface area contributed by atoms with Crippen LogP contribution in [0.5, 0.6) is 0 Å². The number of nitrogens with zero attached hydrogens (tertiary/aromatic N) is 4. The summed E-state index contributed by atoms with van der Waals surface area (Å²) in [6, 6.07) is 6.22. The van der Waals surface area contributed by atoms with Crippen molar-refractivity contribution in [3.8, 4) is 11.4 Å². The highest BCUT2D eigenvalue weighted by Gasteiger charge is 2.13. The number of hydrogen-bond acceptors (Lipinski definition) is 5. The largest absolute Gasteiger partial charge is 0.261 e. The molecule has 18 heavy (non-hydrogen) atoms. The molecule has 0 amide bonds. The third kappa shape index (κ3) is 2.51. The summed E-state index contributed by atoms with van der Waals surface area (Å²) in [5, 5.41) is 11.4. The molecule has 0 fully saturated rings. The van der Waals surface area contributed by atoms with Gasteiger partial charge in [0.25, 0.3) is 9.05 Å². The maximum atomic E-state index is 11.1. The Balaban J connectivity index is 2.44. The van der Waals surface area contributed by atoms with Crippen LogP contribution in [-0.2, 0) is 9.05 Å². The van der Waals surface area contributed by atoms with Crippen LogP contribution in [-0.4, -0.2) is 28.6 Å². The van der Waals surface area contributed by atoms with Crippen LogP contribution in [0.2, 0.25) is 0 Å². The van der Waals surface area contributed by atoms with Gasteiger partial charge in [-0.2, -0.15) is 0 Å². The zero-order valence-electron chi connectivity index (χ0n) is 9.78. The van der Waals surface area contributed by atoms with Crippen LogP contribution < -0.4 is 0 Å². The molecule has 0 bridgehead atoms. The molecule has 0 aliphatic rings. The van der Waals surface area contributed by atoms with Gasteiger partial charge in [0.2, 0.25) is 0 Å². The van der Waals surface area contributed by atoms with Crippen LogP contribution in [0.15, 0.2) is 29.2 Å². The summed E-state index contributed by atoms with van der Waals surface area (Å²) in [7, 11) is 1.54. The highest BCUT2D eigenvalue weighted by atomic mass is 35.7. The Morgan fingerprint density at radius 1 is 1.22 bits per heavy atom. The highest BCUT2D eigenvalue weighted by molar-refractivity contribution is 8.13. The first kappa shape index (κ1) is 13.0. The molecule has 0 unspecified atom stereocenters. The average molecular weight is 287 g/mol. The number of benzene rings is 1. The quantitative estimate of drug-likeness (QED) is 0.805. The van der Waals surface area contributed by atoms with E-state index in [0.29, 0.717) is 5.82 Å². The third-order valence-corrected chi connectivity index (χ3v) is 3.75. The first-order valence-corrected chi connectivity index (χ1v) is 7.53. The van der Waals surface area contributed by atoms with E-state index in [-0.39, 0.29) is 10.9 Å². The Morgan fingerprint density at radius 2 is 1.83 bits per heavy atom. The number of aromatic nitrogens is 4. The van der Waals surface area contributed by atoms with E-state index < -0.39 is 9.05 Å². The second-order valence-electron chi connectivity index (χ2n) is 4.00. The van der Waals surface area contributed by atoms with Gasteiger partial charge in [0.15, 0.2) is 5.82 Å². The minimum Gasteiger partial charge on any atom is -0.223 e. The van der Waals surface area contributed by atoms with Gasteiger partial charge >= 0.3 is 0 Å². The van der Waals surface area contributed by atoms with Gasteiger partial charge in [-0.15, -0.1) is 5.10 Å². The fourth-order valence-corrected chi connectivity index (χ4v) is 2.27. The molecule has 1 heterocycles. The van der Waals surface area contributed by atoms with Gasteiger partial charge in [-0.1, -0.05) is 0 Å². The Morgan fingerprint density at radius 3 is 2.33 bits per heavy atom. The van der Waals surface area contributed by atoms with E-state index in [9.17, 15) is 8.42 Å². The van der Waals surface area contributed by atoms with E-state index in [0.717, 1.165) is 5.56 Å². The summed E-state index contributed by atoms with van der Waals surface area (Å²) in [5.41, 5.74) is 0.734. The molecule has 2 aromatic rings. The third-order valence-electron chi connectivity index (χ3n) is 2.38. The fourth-order valence-electron chi connectivity index (χ4n) is 1.50. The average Bonchev–Trinajstić information content (AvgIpc) is 2.77. The Labute approximate surface area is 109 Å². The highest BCUT2D eigenvalue weighted by Crippen LogP contribution is 2.22. The molecule has 1 aromatic carbocycles. The fraction of sp³-hybridized carbons (Fsp3) is 0.300. The van der Waals surface area contributed by atoms with Gasteiger partial charge in [0, 0.05) is 16.2 Å². The molecule has 0 spiro atoms. The van der Waals surface area contributed by atoms with Crippen molar-refractivity contribution in [3.63, 3.8) is 0 Å². The zero-order chi connectivity index (χ0) is 13.3. The summed E-state index contributed by atoms with van der Waals surface area (Å²) >= 11 is 0. The molecule has 6 nitrogen and oxygen atoms in total. The van der Waals surface area contributed by atoms with Crippen molar-refractivity contribution >= 4 is 19.7 Å². The molecule has 8 heteroatoms. The molecule has 0 atom stereocenters. The Bertz CT molecular complexity index is 649. The van der Waals surface area contributed by atoms with Gasteiger partial charge in [-0.25, -0.2) is 13.1 Å². The SMILES string of the molecule is CC(C)n1nnnc1-c1ccc(S(=O)(=O)Cl)cc1. The van der Waals surface area contributed by atoms with Crippen molar-refractivity contribution in [2.24, 2.45) is 0 Å². The lowest BCUT2D eigenvalue weighted by Crippen LogP contribution is -2.05. The maximum absolute atomic E-state index is 11.1. The van der Waals surface area contributed by atoms with E-state index in [2.05, 4.69) is 15.5 Å². The molecular formula is C10H11ClN4O2S. The van der Waals surface area contributed by atoms with Gasteiger partial charge in [-0.3, -0.25) is 0 Å². The van der Waals surface area contributed by atoms with Crippen molar-refractivity contribution in [2.45, 2.75) is 24.8 Å². The predicted octanol–water partition coefficient (Wildman–Crippen LogP) is 1.85. The van der Waals surface area contributed by atoms with Crippen LogP contribution in [0, 0.1) is 0 Å². The van der Waals surface area contributed by atoms with E-state index in [1.165, 1.54) is 12.1 Å². The predicted molar refractivity (Wildman–Crippen MR) is 66.7 cm³/mol. The monoisotopic (exact) mass is 286 g/mol. The van der Waals surface area contributed by atoms with Gasteiger partial charge in [0.05, 0.1) is 10.9 Å². The minimum atomic E-state index is -3.70. The van der Waals surface area contributed by atoms with Gasteiger partial charge < -0.3 is 0 Å². The van der Waals surface area contributed by atoms with E-state index in [1.54, 1.807) is 16.8 Å². The summed E-state index contributed by atoms with van der Waals surface area (Å²) in [5.74, 6) is 0.587. The van der Waals surface area contributed by atoms with Crippen LogP contribution >= 0.6 is 10.7 Å². The van der Waals surface area contributed by atoms with E-state index in [1.807, 2.05) is 13.8 Å². The molecule has 96 valence electrons. The lowest BCUT2D eigenvalue weighted by Gasteiger charge is -2.07. The van der Waals surface area contributed by atoms with Gasteiger partial charge in [0.1, 0.15) is 0 Å². The number of halogens is 1. The van der Waals surface area contributed by atoms with Crippen LogP contribution in [0.25, 0.3) is 11.4 Å². The minimum absolute atomic E-state index is 0.0523. The number of rotatable bonds is 3. The van der Waals surface area contributed by atoms with Crippen molar-refractivity contribution in [1.82, 2.24) is 20.2 Å². The van der Waals surface area contributed by atoms with Crippen molar-refractivity contribution in [3.05, 3.63) is 24.3 Å². The summed E-state index contributed by atoms with van der Waals surface area (Å²) in [4.78, 5) is 0.0523. The van der Waals surface area contributed by atoms with Crippen LogP contribution in [0.1, 0.15) is 19.9 Å². The summed E-state index contributed by atoms with van der Waals surface area (Å²) in [6.45, 7) is 3.91. The Hall–Kier alpha value is -1.47. The first-order chi connectivity index (χ1) is 8.39. The number of tetrazole rings is 1. The topological polar surface area (TPSA) is 77.7 Å². The van der Waals surface area contributed by atoms with Crippen LogP contribution in [0.3, 0.4) is 0 Å².